The van der Waals surface area contributed by atoms with Crippen molar-refractivity contribution in [3.63, 3.8) is 0 Å². The summed E-state index contributed by atoms with van der Waals surface area (Å²) in [5.74, 6) is 0.829. The number of aryl methyl sites for hydroxylation is 1. The summed E-state index contributed by atoms with van der Waals surface area (Å²) in [4.78, 5) is 12.5. The van der Waals surface area contributed by atoms with Gasteiger partial charge in [0.05, 0.1) is 12.2 Å². The second-order valence-electron chi connectivity index (χ2n) is 6.30. The fourth-order valence-corrected chi connectivity index (χ4v) is 2.36. The number of ether oxygens (including phenoxy) is 1. The van der Waals surface area contributed by atoms with Gasteiger partial charge >= 0.3 is 0 Å². The largest absolute Gasteiger partial charge is 0.493 e. The summed E-state index contributed by atoms with van der Waals surface area (Å²) in [6, 6.07) is 15.0. The van der Waals surface area contributed by atoms with E-state index in [2.05, 4.69) is 24.5 Å². The molecule has 0 aliphatic heterocycles. The Balaban J connectivity index is 1.97. The van der Waals surface area contributed by atoms with E-state index in [0.717, 1.165) is 17.7 Å². The van der Waals surface area contributed by atoms with Crippen LogP contribution in [0.1, 0.15) is 36.2 Å². The predicted molar refractivity (Wildman–Crippen MR) is 106 cm³/mol. The number of amides is 1. The van der Waals surface area contributed by atoms with Crippen molar-refractivity contribution in [2.24, 2.45) is 5.92 Å². The third kappa shape index (κ3) is 6.19. The molecule has 5 heteroatoms. The van der Waals surface area contributed by atoms with E-state index >= 15 is 0 Å². The van der Waals surface area contributed by atoms with Crippen molar-refractivity contribution in [3.05, 3.63) is 59.7 Å². The molecule has 0 fully saturated rings. The van der Waals surface area contributed by atoms with Gasteiger partial charge in [0.1, 0.15) is 5.75 Å². The predicted octanol–water partition coefficient (Wildman–Crippen LogP) is 4.55. The van der Waals surface area contributed by atoms with Crippen molar-refractivity contribution in [2.75, 3.05) is 11.9 Å². The minimum atomic E-state index is -0.287. The molecule has 2 N–H and O–H groups in total. The molecule has 0 aromatic heterocycles. The number of hydrogen-bond acceptors (Lipinski definition) is 3. The van der Waals surface area contributed by atoms with Gasteiger partial charge in [0.15, 0.2) is 5.11 Å². The summed E-state index contributed by atoms with van der Waals surface area (Å²) in [6.07, 6.45) is 0.934. The second kappa shape index (κ2) is 9.18. The number of rotatable bonds is 6. The van der Waals surface area contributed by atoms with Crippen LogP contribution in [0.4, 0.5) is 5.69 Å². The van der Waals surface area contributed by atoms with Crippen LogP contribution in [0.3, 0.4) is 0 Å². The van der Waals surface area contributed by atoms with Crippen LogP contribution >= 0.6 is 12.2 Å². The van der Waals surface area contributed by atoms with Crippen molar-refractivity contribution in [1.29, 1.82) is 0 Å². The smallest absolute Gasteiger partial charge is 0.261 e. The van der Waals surface area contributed by atoms with Crippen LogP contribution in [0.5, 0.6) is 5.75 Å². The quantitative estimate of drug-likeness (QED) is 0.746. The van der Waals surface area contributed by atoms with Gasteiger partial charge in [-0.2, -0.15) is 0 Å². The molecule has 0 aliphatic carbocycles. The standard InChI is InChI=1S/C20H24N2O2S/c1-14(2)12-13-24-18-7-5-4-6-17(18)19(23)22-20(25)21-16-10-8-15(3)9-11-16/h4-11,14H,12-13H2,1-3H3,(H2,21,22,23,25). The van der Waals surface area contributed by atoms with E-state index in [4.69, 9.17) is 17.0 Å². The third-order valence-corrected chi connectivity index (χ3v) is 3.83. The Kier molecular flexibility index (Phi) is 6.95. The zero-order valence-electron chi connectivity index (χ0n) is 14.8. The molecule has 0 spiro atoms. The summed E-state index contributed by atoms with van der Waals surface area (Å²) in [6.45, 7) is 6.86. The highest BCUT2D eigenvalue weighted by Crippen LogP contribution is 2.19. The topological polar surface area (TPSA) is 50.4 Å². The van der Waals surface area contributed by atoms with Crippen LogP contribution in [0.25, 0.3) is 0 Å². The van der Waals surface area contributed by atoms with Crippen molar-refractivity contribution in [2.45, 2.75) is 27.2 Å². The van der Waals surface area contributed by atoms with Gasteiger partial charge in [-0.25, -0.2) is 0 Å². The molecule has 0 unspecified atom stereocenters. The maximum absolute atomic E-state index is 12.5. The Morgan fingerprint density at radius 2 is 1.80 bits per heavy atom. The van der Waals surface area contributed by atoms with Crippen LogP contribution in [0.2, 0.25) is 0 Å². The fraction of sp³-hybridized carbons (Fsp3) is 0.300. The molecule has 132 valence electrons. The summed E-state index contributed by atoms with van der Waals surface area (Å²) in [5.41, 5.74) is 2.46. The van der Waals surface area contributed by atoms with Crippen molar-refractivity contribution < 1.29 is 9.53 Å². The molecular weight excluding hydrogens is 332 g/mol. The van der Waals surface area contributed by atoms with E-state index in [1.807, 2.05) is 37.3 Å². The van der Waals surface area contributed by atoms with E-state index in [-0.39, 0.29) is 11.0 Å². The van der Waals surface area contributed by atoms with Crippen molar-refractivity contribution >= 4 is 28.9 Å². The molecule has 0 aliphatic rings. The highest BCUT2D eigenvalue weighted by Gasteiger charge is 2.13. The number of para-hydroxylation sites is 1. The molecule has 2 aromatic carbocycles. The Morgan fingerprint density at radius 3 is 2.48 bits per heavy atom. The van der Waals surface area contributed by atoms with Crippen LogP contribution in [-0.4, -0.2) is 17.6 Å². The molecule has 0 heterocycles. The summed E-state index contributed by atoms with van der Waals surface area (Å²) < 4.78 is 5.76. The molecule has 0 atom stereocenters. The zero-order chi connectivity index (χ0) is 18.2. The molecular formula is C20H24N2O2S. The number of hydrogen-bond donors (Lipinski definition) is 2. The first-order chi connectivity index (χ1) is 12.0. The van der Waals surface area contributed by atoms with E-state index in [1.54, 1.807) is 18.2 Å². The normalized spacial score (nSPS) is 10.4. The number of benzene rings is 2. The van der Waals surface area contributed by atoms with Gasteiger partial charge in [0, 0.05) is 5.69 Å². The van der Waals surface area contributed by atoms with E-state index in [0.29, 0.717) is 23.8 Å². The van der Waals surface area contributed by atoms with Gasteiger partial charge in [0.2, 0.25) is 0 Å². The van der Waals surface area contributed by atoms with Gasteiger partial charge in [-0.05, 0) is 55.7 Å². The molecule has 0 saturated heterocycles. The van der Waals surface area contributed by atoms with Gasteiger partial charge in [-0.15, -0.1) is 0 Å². The maximum atomic E-state index is 12.5. The lowest BCUT2D eigenvalue weighted by Crippen LogP contribution is -2.34. The molecule has 0 radical (unpaired) electrons. The molecule has 4 nitrogen and oxygen atoms in total. The lowest BCUT2D eigenvalue weighted by atomic mass is 10.1. The molecule has 2 aromatic rings. The molecule has 0 saturated carbocycles. The van der Waals surface area contributed by atoms with Crippen LogP contribution in [0, 0.1) is 12.8 Å². The molecule has 25 heavy (non-hydrogen) atoms. The number of carbonyl (C=O) groups excluding carboxylic acids is 1. The lowest BCUT2D eigenvalue weighted by molar-refractivity contribution is 0.0973. The zero-order valence-corrected chi connectivity index (χ0v) is 15.7. The number of anilines is 1. The SMILES string of the molecule is Cc1ccc(NC(=S)NC(=O)c2ccccc2OCCC(C)C)cc1. The molecule has 2 rings (SSSR count). The number of nitrogens with one attached hydrogen (secondary N) is 2. The second-order valence-corrected chi connectivity index (χ2v) is 6.71. The lowest BCUT2D eigenvalue weighted by Gasteiger charge is -2.13. The van der Waals surface area contributed by atoms with Crippen molar-refractivity contribution in [1.82, 2.24) is 5.32 Å². The van der Waals surface area contributed by atoms with Crippen LogP contribution in [-0.2, 0) is 0 Å². The summed E-state index contributed by atoms with van der Waals surface area (Å²) in [5, 5.41) is 5.96. The van der Waals surface area contributed by atoms with Crippen LogP contribution < -0.4 is 15.4 Å². The Morgan fingerprint density at radius 1 is 1.12 bits per heavy atom. The fourth-order valence-electron chi connectivity index (χ4n) is 2.15. The highest BCUT2D eigenvalue weighted by molar-refractivity contribution is 7.80. The van der Waals surface area contributed by atoms with Crippen molar-refractivity contribution in [3.8, 4) is 5.75 Å². The van der Waals surface area contributed by atoms with E-state index in [1.165, 1.54) is 0 Å². The number of carbonyl (C=O) groups is 1. The van der Waals surface area contributed by atoms with Gasteiger partial charge in [0.25, 0.3) is 5.91 Å². The minimum Gasteiger partial charge on any atom is -0.493 e. The molecule has 0 bridgehead atoms. The van der Waals surface area contributed by atoms with Gasteiger partial charge < -0.3 is 10.1 Å². The van der Waals surface area contributed by atoms with Gasteiger partial charge in [-0.3, -0.25) is 10.1 Å². The Hall–Kier alpha value is -2.40. The third-order valence-electron chi connectivity index (χ3n) is 3.62. The van der Waals surface area contributed by atoms with E-state index in [9.17, 15) is 4.79 Å². The summed E-state index contributed by atoms with van der Waals surface area (Å²) in [7, 11) is 0. The first-order valence-electron chi connectivity index (χ1n) is 8.36. The van der Waals surface area contributed by atoms with E-state index < -0.39 is 0 Å². The van der Waals surface area contributed by atoms with Gasteiger partial charge in [-0.1, -0.05) is 43.7 Å². The molecule has 1 amide bonds. The summed E-state index contributed by atoms with van der Waals surface area (Å²) >= 11 is 5.23. The average Bonchev–Trinajstić information content (AvgIpc) is 2.57. The first-order valence-corrected chi connectivity index (χ1v) is 8.77. The average molecular weight is 356 g/mol. The minimum absolute atomic E-state index is 0.255. The Labute approximate surface area is 154 Å². The first kappa shape index (κ1) is 18.9. The Bertz CT molecular complexity index is 727. The maximum Gasteiger partial charge on any atom is 0.261 e. The van der Waals surface area contributed by atoms with Crippen LogP contribution in [0.15, 0.2) is 48.5 Å². The monoisotopic (exact) mass is 356 g/mol. The number of thiocarbonyl (C=S) groups is 1. The highest BCUT2D eigenvalue weighted by atomic mass is 32.1.